The molecule has 2 amide bonds. The van der Waals surface area contributed by atoms with Crippen molar-refractivity contribution in [3.63, 3.8) is 0 Å². The van der Waals surface area contributed by atoms with Gasteiger partial charge in [0.15, 0.2) is 0 Å². The van der Waals surface area contributed by atoms with Crippen LogP contribution in [0.2, 0.25) is 5.02 Å². The SMILES string of the molecule is CC(C)(CNC(=O)NCCOC1CCCC1)c1ccc(Cl)cc1. The molecule has 5 heteroatoms. The number of hydrogen-bond acceptors (Lipinski definition) is 2. The molecule has 1 aliphatic carbocycles. The van der Waals surface area contributed by atoms with Crippen LogP contribution in [0.4, 0.5) is 4.79 Å². The highest BCUT2D eigenvalue weighted by Gasteiger charge is 2.21. The molecule has 1 aromatic carbocycles. The van der Waals surface area contributed by atoms with Crippen LogP contribution in [0.25, 0.3) is 0 Å². The van der Waals surface area contributed by atoms with Crippen LogP contribution in [0.3, 0.4) is 0 Å². The number of amides is 2. The molecule has 2 N–H and O–H groups in total. The first-order valence-corrected chi connectivity index (χ1v) is 8.74. The predicted molar refractivity (Wildman–Crippen MR) is 94.1 cm³/mol. The van der Waals surface area contributed by atoms with E-state index in [0.717, 1.165) is 23.4 Å². The normalized spacial score (nSPS) is 15.6. The standard InChI is InChI=1S/C18H27ClN2O2/c1-18(2,14-7-9-15(19)10-8-14)13-21-17(22)20-11-12-23-16-5-3-4-6-16/h7-10,16H,3-6,11-13H2,1-2H3,(H2,20,21,22). The molecule has 0 atom stereocenters. The lowest BCUT2D eigenvalue weighted by Crippen LogP contribution is -2.43. The molecule has 2 rings (SSSR count). The van der Waals surface area contributed by atoms with E-state index in [2.05, 4.69) is 24.5 Å². The maximum atomic E-state index is 11.9. The van der Waals surface area contributed by atoms with E-state index < -0.39 is 0 Å². The predicted octanol–water partition coefficient (Wildman–Crippen LogP) is 3.88. The lowest BCUT2D eigenvalue weighted by molar-refractivity contribution is 0.0613. The fourth-order valence-electron chi connectivity index (χ4n) is 2.81. The van der Waals surface area contributed by atoms with E-state index in [0.29, 0.717) is 25.8 Å². The minimum atomic E-state index is -0.151. The van der Waals surface area contributed by atoms with Crippen LogP contribution in [0, 0.1) is 0 Å². The summed E-state index contributed by atoms with van der Waals surface area (Å²) >= 11 is 5.92. The maximum Gasteiger partial charge on any atom is 0.314 e. The Bertz CT molecular complexity index is 496. The van der Waals surface area contributed by atoms with Crippen molar-refractivity contribution in [2.45, 2.75) is 51.0 Å². The number of halogens is 1. The van der Waals surface area contributed by atoms with E-state index in [-0.39, 0.29) is 11.4 Å². The van der Waals surface area contributed by atoms with Crippen LogP contribution in [0.1, 0.15) is 45.1 Å². The van der Waals surface area contributed by atoms with Crippen LogP contribution < -0.4 is 10.6 Å². The lowest BCUT2D eigenvalue weighted by atomic mass is 9.85. The van der Waals surface area contributed by atoms with E-state index in [1.807, 2.05) is 24.3 Å². The molecule has 4 nitrogen and oxygen atoms in total. The molecule has 23 heavy (non-hydrogen) atoms. The minimum Gasteiger partial charge on any atom is -0.376 e. The van der Waals surface area contributed by atoms with Crippen molar-refractivity contribution in [1.82, 2.24) is 10.6 Å². The molecule has 1 aromatic rings. The molecule has 0 spiro atoms. The van der Waals surface area contributed by atoms with E-state index in [4.69, 9.17) is 16.3 Å². The zero-order valence-electron chi connectivity index (χ0n) is 14.0. The smallest absolute Gasteiger partial charge is 0.314 e. The number of urea groups is 1. The summed E-state index contributed by atoms with van der Waals surface area (Å²) in [6, 6.07) is 7.59. The van der Waals surface area contributed by atoms with Crippen LogP contribution in [0.5, 0.6) is 0 Å². The molecule has 0 saturated heterocycles. The fourth-order valence-corrected chi connectivity index (χ4v) is 2.94. The minimum absolute atomic E-state index is 0.151. The highest BCUT2D eigenvalue weighted by molar-refractivity contribution is 6.30. The molecule has 128 valence electrons. The molecule has 1 fully saturated rings. The molecular formula is C18H27ClN2O2. The molecule has 1 aliphatic rings. The first-order valence-electron chi connectivity index (χ1n) is 8.37. The van der Waals surface area contributed by atoms with E-state index >= 15 is 0 Å². The van der Waals surface area contributed by atoms with Crippen molar-refractivity contribution in [3.05, 3.63) is 34.9 Å². The van der Waals surface area contributed by atoms with Gasteiger partial charge >= 0.3 is 6.03 Å². The van der Waals surface area contributed by atoms with Gasteiger partial charge in [-0.25, -0.2) is 4.79 Å². The van der Waals surface area contributed by atoms with Gasteiger partial charge in [0.25, 0.3) is 0 Å². The summed E-state index contributed by atoms with van der Waals surface area (Å²) < 4.78 is 5.72. The molecule has 0 heterocycles. The zero-order chi connectivity index (χ0) is 16.7. The molecule has 0 radical (unpaired) electrons. The number of carbonyl (C=O) groups excluding carboxylic acids is 1. The average Bonchev–Trinajstić information content (AvgIpc) is 3.03. The van der Waals surface area contributed by atoms with Gasteiger partial charge in [0.1, 0.15) is 0 Å². The van der Waals surface area contributed by atoms with Crippen LogP contribution in [-0.4, -0.2) is 31.8 Å². The Labute approximate surface area is 143 Å². The molecule has 0 aromatic heterocycles. The Morgan fingerprint density at radius 2 is 1.87 bits per heavy atom. The summed E-state index contributed by atoms with van der Waals surface area (Å²) in [5, 5.41) is 6.49. The van der Waals surface area contributed by atoms with Gasteiger partial charge < -0.3 is 15.4 Å². The first kappa shape index (κ1) is 18.1. The highest BCUT2D eigenvalue weighted by atomic mass is 35.5. The number of ether oxygens (including phenoxy) is 1. The van der Waals surface area contributed by atoms with Crippen molar-refractivity contribution < 1.29 is 9.53 Å². The van der Waals surface area contributed by atoms with Crippen molar-refractivity contribution >= 4 is 17.6 Å². The van der Waals surface area contributed by atoms with Crippen molar-refractivity contribution in [1.29, 1.82) is 0 Å². The van der Waals surface area contributed by atoms with Crippen molar-refractivity contribution in [2.24, 2.45) is 0 Å². The number of nitrogens with one attached hydrogen (secondary N) is 2. The maximum absolute atomic E-state index is 11.9. The summed E-state index contributed by atoms with van der Waals surface area (Å²) in [5.74, 6) is 0. The second-order valence-corrected chi connectivity index (χ2v) is 7.21. The van der Waals surface area contributed by atoms with Gasteiger partial charge in [-0.3, -0.25) is 0 Å². The van der Waals surface area contributed by atoms with Gasteiger partial charge in [0.05, 0.1) is 12.7 Å². The monoisotopic (exact) mass is 338 g/mol. The third-order valence-corrected chi connectivity index (χ3v) is 4.61. The number of rotatable bonds is 7. The topological polar surface area (TPSA) is 50.4 Å². The second kappa shape index (κ2) is 8.55. The highest BCUT2D eigenvalue weighted by Crippen LogP contribution is 2.23. The molecular weight excluding hydrogens is 312 g/mol. The van der Waals surface area contributed by atoms with Gasteiger partial charge in [-0.1, -0.05) is 50.4 Å². The van der Waals surface area contributed by atoms with Crippen molar-refractivity contribution in [3.8, 4) is 0 Å². The molecule has 0 unspecified atom stereocenters. The van der Waals surface area contributed by atoms with Crippen molar-refractivity contribution in [2.75, 3.05) is 19.7 Å². The molecule has 0 aliphatic heterocycles. The molecule has 1 saturated carbocycles. The van der Waals surface area contributed by atoms with Crippen LogP contribution in [-0.2, 0) is 10.2 Å². The van der Waals surface area contributed by atoms with E-state index in [1.54, 1.807) is 0 Å². The second-order valence-electron chi connectivity index (χ2n) is 6.78. The largest absolute Gasteiger partial charge is 0.376 e. The Kier molecular flexibility index (Phi) is 6.72. The third-order valence-electron chi connectivity index (χ3n) is 4.36. The van der Waals surface area contributed by atoms with Gasteiger partial charge in [-0.05, 0) is 30.5 Å². The van der Waals surface area contributed by atoms with Gasteiger partial charge in [0.2, 0.25) is 0 Å². The zero-order valence-corrected chi connectivity index (χ0v) is 14.8. The Morgan fingerprint density at radius 3 is 2.52 bits per heavy atom. The van der Waals surface area contributed by atoms with Gasteiger partial charge in [-0.15, -0.1) is 0 Å². The van der Waals surface area contributed by atoms with E-state index in [1.165, 1.54) is 12.8 Å². The van der Waals surface area contributed by atoms with Gasteiger partial charge in [0, 0.05) is 23.5 Å². The Hall–Kier alpha value is -1.26. The summed E-state index contributed by atoms with van der Waals surface area (Å²) in [6.07, 6.45) is 5.23. The summed E-state index contributed by atoms with van der Waals surface area (Å²) in [6.45, 7) is 5.88. The van der Waals surface area contributed by atoms with E-state index in [9.17, 15) is 4.79 Å². The quantitative estimate of drug-likeness (QED) is 0.741. The van der Waals surface area contributed by atoms with Crippen LogP contribution >= 0.6 is 11.6 Å². The first-order chi connectivity index (χ1) is 11.0. The summed E-state index contributed by atoms with van der Waals surface area (Å²) in [7, 11) is 0. The van der Waals surface area contributed by atoms with Crippen LogP contribution in [0.15, 0.2) is 24.3 Å². The third kappa shape index (κ3) is 6.04. The van der Waals surface area contributed by atoms with Gasteiger partial charge in [-0.2, -0.15) is 0 Å². The summed E-state index contributed by atoms with van der Waals surface area (Å²) in [4.78, 5) is 11.9. The number of carbonyl (C=O) groups is 1. The number of hydrogen-bond donors (Lipinski definition) is 2. The number of benzene rings is 1. The Balaban J connectivity index is 1.65. The molecule has 0 bridgehead atoms. The summed E-state index contributed by atoms with van der Waals surface area (Å²) in [5.41, 5.74) is 0.995. The average molecular weight is 339 g/mol. The fraction of sp³-hybridized carbons (Fsp3) is 0.611. The lowest BCUT2D eigenvalue weighted by Gasteiger charge is -2.25. The Morgan fingerprint density at radius 1 is 1.22 bits per heavy atom.